The van der Waals surface area contributed by atoms with Crippen molar-refractivity contribution in [2.75, 3.05) is 40.7 Å². The standard InChI is InChI=1S/C23H23N5O4S2.C22H22N6O4S2.2H2/c1-4-32-21(29)19-14(2)25-23(33-19)28-22-26-18-8-6-5-7-17(18)20(27-22)24-13-15-9-11-16(12-10-15)34(3,30)31;1-3-32-20(29)18-13(2)25-22(33-18)28-21-26-17-7-5-4-6-16(17)19(27-21)24-12-14-8-10-15(11-9-14)34(23,30)31;;/h5-12H,4,13H2,1-3H3,(H2,24,25,26,27,28);4-11H,3,12H2,1-2H3,(H2,23,30,31)(H2,24,25,26,27,28);2*1H. The fraction of sp³-hybridized carbons (Fsp3) is 0.200. The SMILES string of the molecule is CCOC(=O)c1sc(Nc2nc(NCc3ccc(S(C)(=O)=O)cc3)c3ccccc3n2)nc1C.CCOC(=O)c1sc(Nc2nc(NCc3ccc(S(N)(=O)=O)cc3)c3ccccc3n2)nc1C.[HH].[HH]. The third-order valence-electron chi connectivity index (χ3n) is 9.68. The first-order valence-corrected chi connectivity index (χ1v) is 25.8. The molecule has 8 rings (SSSR count). The van der Waals surface area contributed by atoms with E-state index in [4.69, 9.17) is 14.6 Å². The van der Waals surface area contributed by atoms with Gasteiger partial charge >= 0.3 is 11.9 Å². The lowest BCUT2D eigenvalue weighted by Crippen LogP contribution is -2.12. The molecule has 0 bridgehead atoms. The van der Waals surface area contributed by atoms with Gasteiger partial charge in [0.1, 0.15) is 21.4 Å². The van der Waals surface area contributed by atoms with Crippen LogP contribution in [-0.4, -0.2) is 78.1 Å². The van der Waals surface area contributed by atoms with E-state index in [9.17, 15) is 26.4 Å². The third-order valence-corrected chi connectivity index (χ3v) is 13.8. The number of primary sulfonamides is 1. The molecule has 0 atom stereocenters. The minimum atomic E-state index is -3.74. The summed E-state index contributed by atoms with van der Waals surface area (Å²) in [5.74, 6) is 1.02. The molecule has 4 heterocycles. The van der Waals surface area contributed by atoms with E-state index in [1.807, 2.05) is 48.5 Å². The molecule has 356 valence electrons. The van der Waals surface area contributed by atoms with Crippen LogP contribution in [0.15, 0.2) is 107 Å². The summed E-state index contributed by atoms with van der Waals surface area (Å²) < 4.78 is 56.4. The molecule has 4 aromatic heterocycles. The van der Waals surface area contributed by atoms with Gasteiger partial charge in [0.2, 0.25) is 21.9 Å². The number of thiazole rings is 2. The molecule has 6 N–H and O–H groups in total. The number of hydrogen-bond acceptors (Lipinski definition) is 20. The van der Waals surface area contributed by atoms with Gasteiger partial charge in [0.05, 0.1) is 45.4 Å². The molecule has 0 radical (unpaired) electrons. The van der Waals surface area contributed by atoms with Crippen molar-refractivity contribution in [2.24, 2.45) is 5.14 Å². The van der Waals surface area contributed by atoms with Gasteiger partial charge in [0.15, 0.2) is 20.1 Å². The van der Waals surface area contributed by atoms with E-state index in [1.54, 1.807) is 64.1 Å². The number of hydrogen-bond donors (Lipinski definition) is 5. The Morgan fingerprint density at radius 3 is 1.37 bits per heavy atom. The first-order chi connectivity index (χ1) is 32.5. The molecule has 4 aromatic carbocycles. The van der Waals surface area contributed by atoms with Crippen molar-refractivity contribution in [3.63, 3.8) is 0 Å². The summed E-state index contributed by atoms with van der Waals surface area (Å²) in [6, 6.07) is 28.1. The zero-order chi connectivity index (χ0) is 48.6. The molecule has 68 heavy (non-hydrogen) atoms. The second-order valence-electron chi connectivity index (χ2n) is 14.7. The smallest absolute Gasteiger partial charge is 0.350 e. The van der Waals surface area contributed by atoms with Crippen LogP contribution in [0.25, 0.3) is 21.8 Å². The fourth-order valence-corrected chi connectivity index (χ4v) is 9.27. The van der Waals surface area contributed by atoms with Crippen LogP contribution in [0, 0.1) is 13.8 Å². The van der Waals surface area contributed by atoms with Crippen molar-refractivity contribution in [3.05, 3.63) is 129 Å². The van der Waals surface area contributed by atoms with Crippen molar-refractivity contribution < 1.29 is 38.8 Å². The number of benzene rings is 4. The molecule has 0 saturated carbocycles. The number of aromatic nitrogens is 6. The van der Waals surface area contributed by atoms with Gasteiger partial charge in [0.25, 0.3) is 0 Å². The van der Waals surface area contributed by atoms with Crippen LogP contribution in [0.4, 0.5) is 33.8 Å². The number of nitrogens with zero attached hydrogens (tertiary/aromatic N) is 6. The number of nitrogens with two attached hydrogens (primary N) is 1. The highest BCUT2D eigenvalue weighted by Gasteiger charge is 2.20. The number of anilines is 6. The van der Waals surface area contributed by atoms with E-state index in [2.05, 4.69) is 51.2 Å². The summed E-state index contributed by atoms with van der Waals surface area (Å²) in [4.78, 5) is 52.5. The predicted molar refractivity (Wildman–Crippen MR) is 268 cm³/mol. The van der Waals surface area contributed by atoms with E-state index >= 15 is 0 Å². The molecule has 0 unspecified atom stereocenters. The van der Waals surface area contributed by atoms with Crippen LogP contribution >= 0.6 is 22.7 Å². The predicted octanol–water partition coefficient (Wildman–Crippen LogP) is 8.40. The lowest BCUT2D eigenvalue weighted by atomic mass is 10.2. The van der Waals surface area contributed by atoms with Crippen molar-refractivity contribution in [1.29, 1.82) is 0 Å². The Kier molecular flexibility index (Phi) is 15.2. The molecule has 8 aromatic rings. The van der Waals surface area contributed by atoms with Crippen LogP contribution in [0.5, 0.6) is 0 Å². The Bertz CT molecular complexity index is 3140. The summed E-state index contributed by atoms with van der Waals surface area (Å²) in [7, 11) is -6.99. The maximum Gasteiger partial charge on any atom is 0.350 e. The molecule has 23 heteroatoms. The molecule has 0 aliphatic carbocycles. The Hall–Kier alpha value is -7.18. The van der Waals surface area contributed by atoms with E-state index in [0.29, 0.717) is 80.2 Å². The molecule has 19 nitrogen and oxygen atoms in total. The fourth-order valence-electron chi connectivity index (χ4n) is 6.42. The molecule has 0 amide bonds. The number of nitrogens with one attached hydrogen (secondary N) is 4. The Morgan fingerprint density at radius 1 is 0.588 bits per heavy atom. The molecule has 0 spiro atoms. The first-order valence-electron chi connectivity index (χ1n) is 20.7. The Labute approximate surface area is 402 Å². The third kappa shape index (κ3) is 12.2. The molecular formula is C45H49N11O8S4. The largest absolute Gasteiger partial charge is 0.462 e. The second-order valence-corrected chi connectivity index (χ2v) is 20.3. The maximum atomic E-state index is 12.1. The Balaban J connectivity index is 0.000000254. The highest BCUT2D eigenvalue weighted by atomic mass is 32.2. The number of rotatable bonds is 16. The van der Waals surface area contributed by atoms with Gasteiger partial charge in [-0.05, 0) is 87.4 Å². The van der Waals surface area contributed by atoms with Gasteiger partial charge in [-0.3, -0.25) is 10.6 Å². The van der Waals surface area contributed by atoms with Crippen molar-refractivity contribution in [3.8, 4) is 0 Å². The van der Waals surface area contributed by atoms with Gasteiger partial charge in [-0.2, -0.15) is 9.97 Å². The lowest BCUT2D eigenvalue weighted by Gasteiger charge is -2.11. The number of carbonyl (C=O) groups excluding carboxylic acids is 2. The number of esters is 2. The normalized spacial score (nSPS) is 11.4. The number of fused-ring (bicyclic) bond motifs is 2. The van der Waals surface area contributed by atoms with E-state index in [1.165, 1.54) is 41.1 Å². The van der Waals surface area contributed by atoms with Gasteiger partial charge in [-0.1, -0.05) is 71.2 Å². The minimum absolute atomic E-state index is 0. The highest BCUT2D eigenvalue weighted by Crippen LogP contribution is 2.30. The van der Waals surface area contributed by atoms with Crippen LogP contribution in [0.1, 0.15) is 58.6 Å². The average molecular weight is 1000 g/mol. The summed E-state index contributed by atoms with van der Waals surface area (Å²) in [5, 5.41) is 20.5. The number of ether oxygens (including phenoxy) is 2. The van der Waals surface area contributed by atoms with E-state index in [0.717, 1.165) is 27.4 Å². The molecule has 0 aliphatic rings. The zero-order valence-corrected chi connectivity index (χ0v) is 40.5. The van der Waals surface area contributed by atoms with Crippen LogP contribution in [0.2, 0.25) is 0 Å². The minimum Gasteiger partial charge on any atom is -0.462 e. The monoisotopic (exact) mass is 999 g/mol. The van der Waals surface area contributed by atoms with Crippen LogP contribution < -0.4 is 26.4 Å². The highest BCUT2D eigenvalue weighted by molar-refractivity contribution is 7.90. The van der Waals surface area contributed by atoms with E-state index < -0.39 is 31.8 Å². The van der Waals surface area contributed by atoms with Crippen molar-refractivity contribution in [2.45, 2.75) is 50.6 Å². The number of carbonyl (C=O) groups is 2. The van der Waals surface area contributed by atoms with Crippen molar-refractivity contribution in [1.82, 2.24) is 29.9 Å². The lowest BCUT2D eigenvalue weighted by molar-refractivity contribution is 0.0521. The second kappa shape index (κ2) is 21.2. The van der Waals surface area contributed by atoms with Gasteiger partial charge in [-0.15, -0.1) is 0 Å². The average Bonchev–Trinajstić information content (AvgIpc) is 3.87. The van der Waals surface area contributed by atoms with Crippen molar-refractivity contribution >= 4 is 110 Å². The van der Waals surface area contributed by atoms with Gasteiger partial charge < -0.3 is 20.1 Å². The van der Waals surface area contributed by atoms with E-state index in [-0.39, 0.29) is 19.3 Å². The van der Waals surface area contributed by atoms with Gasteiger partial charge in [-0.25, -0.2) is 51.5 Å². The topological polar surface area (TPSA) is 272 Å². The summed E-state index contributed by atoms with van der Waals surface area (Å²) in [6.07, 6.45) is 1.18. The Morgan fingerprint density at radius 2 is 0.985 bits per heavy atom. The quantitative estimate of drug-likeness (QED) is 0.0568. The number of sulfone groups is 1. The molecule has 0 fully saturated rings. The first kappa shape index (κ1) is 48.7. The van der Waals surface area contributed by atoms with Crippen LogP contribution in [0.3, 0.4) is 0 Å². The zero-order valence-electron chi connectivity index (χ0n) is 37.2. The molecule has 0 saturated heterocycles. The van der Waals surface area contributed by atoms with Gasteiger partial charge in [0, 0.05) is 33.0 Å². The summed E-state index contributed by atoms with van der Waals surface area (Å²) in [6.45, 7) is 8.40. The number of para-hydroxylation sites is 2. The maximum absolute atomic E-state index is 12.1. The molecule has 0 aliphatic heterocycles. The van der Waals surface area contributed by atoms with Crippen LogP contribution in [-0.2, 0) is 42.4 Å². The summed E-state index contributed by atoms with van der Waals surface area (Å²) >= 11 is 2.35. The molecular weight excluding hydrogens is 951 g/mol. The number of sulfonamides is 1. The number of aryl methyl sites for hydroxylation is 2. The summed E-state index contributed by atoms with van der Waals surface area (Å²) in [5.41, 5.74) is 4.33.